The molecule has 2 amide bonds. The Balaban J connectivity index is 2.09. The van der Waals surface area contributed by atoms with Crippen LogP contribution in [-0.4, -0.2) is 23.3 Å². The van der Waals surface area contributed by atoms with Crippen molar-refractivity contribution in [3.8, 4) is 0 Å². The first kappa shape index (κ1) is 17.7. The van der Waals surface area contributed by atoms with Gasteiger partial charge in [0.1, 0.15) is 11.4 Å². The Morgan fingerprint density at radius 2 is 1.62 bits per heavy atom. The van der Waals surface area contributed by atoms with Gasteiger partial charge < -0.3 is 10.6 Å². The number of rotatable bonds is 6. The van der Waals surface area contributed by atoms with Crippen molar-refractivity contribution in [2.45, 2.75) is 33.6 Å². The Morgan fingerprint density at radius 3 is 2.25 bits per heavy atom. The predicted molar refractivity (Wildman–Crippen MR) is 95.3 cm³/mol. The number of pyridine rings is 1. The fourth-order valence-electron chi connectivity index (χ4n) is 2.40. The van der Waals surface area contributed by atoms with Crippen LogP contribution in [-0.2, 0) is 0 Å². The van der Waals surface area contributed by atoms with Crippen molar-refractivity contribution in [3.63, 3.8) is 0 Å². The van der Waals surface area contributed by atoms with Gasteiger partial charge in [0.25, 0.3) is 11.8 Å². The van der Waals surface area contributed by atoms with E-state index in [9.17, 15) is 9.59 Å². The second-order valence-electron chi connectivity index (χ2n) is 5.85. The number of aromatic nitrogens is 1. The molecule has 24 heavy (non-hydrogen) atoms. The fourth-order valence-corrected chi connectivity index (χ4v) is 2.40. The van der Waals surface area contributed by atoms with E-state index < -0.39 is 0 Å². The van der Waals surface area contributed by atoms with Gasteiger partial charge in [0.05, 0.1) is 0 Å². The Bertz CT molecular complexity index is 721. The standard InChI is InChI=1S/C19H23N3O2/c1-4-5-9-20-18(23)16-7-6-8-17(22-16)19(24)21-15-11-13(2)10-14(3)12-15/h6-8,10-12H,4-5,9H2,1-3H3,(H,20,23)(H,21,24). The number of benzene rings is 1. The summed E-state index contributed by atoms with van der Waals surface area (Å²) in [6, 6.07) is 10.7. The van der Waals surface area contributed by atoms with Gasteiger partial charge in [0.15, 0.2) is 0 Å². The van der Waals surface area contributed by atoms with E-state index >= 15 is 0 Å². The molecule has 0 saturated carbocycles. The smallest absolute Gasteiger partial charge is 0.274 e. The first-order chi connectivity index (χ1) is 11.5. The first-order valence-electron chi connectivity index (χ1n) is 8.14. The molecule has 2 N–H and O–H groups in total. The minimum atomic E-state index is -0.330. The Morgan fingerprint density at radius 1 is 1.00 bits per heavy atom. The molecule has 0 saturated heterocycles. The molecule has 0 bridgehead atoms. The number of hydrogen-bond donors (Lipinski definition) is 2. The van der Waals surface area contributed by atoms with Crippen LogP contribution in [0.5, 0.6) is 0 Å². The van der Waals surface area contributed by atoms with Gasteiger partial charge in [-0.1, -0.05) is 25.5 Å². The van der Waals surface area contributed by atoms with Crippen molar-refractivity contribution in [2.75, 3.05) is 11.9 Å². The highest BCUT2D eigenvalue weighted by molar-refractivity contribution is 6.03. The summed E-state index contributed by atoms with van der Waals surface area (Å²) < 4.78 is 0. The number of carbonyl (C=O) groups is 2. The van der Waals surface area contributed by atoms with Crippen molar-refractivity contribution in [1.29, 1.82) is 0 Å². The summed E-state index contributed by atoms with van der Waals surface area (Å²) >= 11 is 0. The van der Waals surface area contributed by atoms with Crippen LogP contribution in [0.25, 0.3) is 0 Å². The van der Waals surface area contributed by atoms with Gasteiger partial charge in [-0.25, -0.2) is 4.98 Å². The third-order valence-corrected chi connectivity index (χ3v) is 3.51. The molecule has 126 valence electrons. The molecule has 5 nitrogen and oxygen atoms in total. The largest absolute Gasteiger partial charge is 0.351 e. The number of amides is 2. The first-order valence-corrected chi connectivity index (χ1v) is 8.14. The van der Waals surface area contributed by atoms with Gasteiger partial charge in [0, 0.05) is 12.2 Å². The summed E-state index contributed by atoms with van der Waals surface area (Å²) in [5.41, 5.74) is 3.33. The number of anilines is 1. The number of aryl methyl sites for hydroxylation is 2. The molecule has 0 aliphatic carbocycles. The third-order valence-electron chi connectivity index (χ3n) is 3.51. The summed E-state index contributed by atoms with van der Waals surface area (Å²) in [6.07, 6.45) is 1.92. The number of hydrogen-bond acceptors (Lipinski definition) is 3. The molecular formula is C19H23N3O2. The van der Waals surface area contributed by atoms with Crippen LogP contribution in [0.1, 0.15) is 51.9 Å². The van der Waals surface area contributed by atoms with Crippen LogP contribution in [0.2, 0.25) is 0 Å². The van der Waals surface area contributed by atoms with Gasteiger partial charge in [-0.05, 0) is 55.7 Å². The van der Waals surface area contributed by atoms with Crippen molar-refractivity contribution in [1.82, 2.24) is 10.3 Å². The van der Waals surface area contributed by atoms with E-state index in [1.165, 1.54) is 0 Å². The molecule has 2 aromatic rings. The number of carbonyl (C=O) groups excluding carboxylic acids is 2. The molecule has 0 radical (unpaired) electrons. The van der Waals surface area contributed by atoms with Crippen LogP contribution in [0.3, 0.4) is 0 Å². The van der Waals surface area contributed by atoms with E-state index in [4.69, 9.17) is 0 Å². The van der Waals surface area contributed by atoms with Crippen molar-refractivity contribution >= 4 is 17.5 Å². The average Bonchev–Trinajstić information content (AvgIpc) is 2.54. The van der Waals surface area contributed by atoms with Gasteiger partial charge >= 0.3 is 0 Å². The second kappa shape index (κ2) is 8.24. The lowest BCUT2D eigenvalue weighted by molar-refractivity contribution is 0.0948. The predicted octanol–water partition coefficient (Wildman–Crippen LogP) is 3.48. The quantitative estimate of drug-likeness (QED) is 0.799. The number of unbranched alkanes of at least 4 members (excludes halogenated alkanes) is 1. The highest BCUT2D eigenvalue weighted by Gasteiger charge is 2.12. The minimum absolute atomic E-state index is 0.220. The van der Waals surface area contributed by atoms with E-state index in [0.29, 0.717) is 6.54 Å². The topological polar surface area (TPSA) is 71.1 Å². The Labute approximate surface area is 142 Å². The molecule has 1 heterocycles. The van der Waals surface area contributed by atoms with E-state index in [1.807, 2.05) is 32.0 Å². The molecule has 0 atom stereocenters. The monoisotopic (exact) mass is 325 g/mol. The zero-order valence-electron chi connectivity index (χ0n) is 14.3. The molecule has 0 aliphatic heterocycles. The highest BCUT2D eigenvalue weighted by Crippen LogP contribution is 2.14. The Hall–Kier alpha value is -2.69. The zero-order chi connectivity index (χ0) is 17.5. The molecule has 0 aliphatic rings. The van der Waals surface area contributed by atoms with E-state index in [0.717, 1.165) is 29.7 Å². The van der Waals surface area contributed by atoms with Gasteiger partial charge in [-0.2, -0.15) is 0 Å². The second-order valence-corrected chi connectivity index (χ2v) is 5.85. The van der Waals surface area contributed by atoms with Crippen LogP contribution < -0.4 is 10.6 Å². The summed E-state index contributed by atoms with van der Waals surface area (Å²) in [5.74, 6) is -0.590. The van der Waals surface area contributed by atoms with Crippen molar-refractivity contribution in [3.05, 3.63) is 58.9 Å². The number of nitrogens with zero attached hydrogens (tertiary/aromatic N) is 1. The summed E-state index contributed by atoms with van der Waals surface area (Å²) in [6.45, 7) is 6.61. The summed E-state index contributed by atoms with van der Waals surface area (Å²) in [7, 11) is 0. The molecule has 5 heteroatoms. The molecule has 0 spiro atoms. The molecule has 0 fully saturated rings. The summed E-state index contributed by atoms with van der Waals surface area (Å²) in [4.78, 5) is 28.6. The van der Waals surface area contributed by atoms with E-state index in [-0.39, 0.29) is 23.2 Å². The maximum atomic E-state index is 12.4. The molecule has 0 unspecified atom stereocenters. The summed E-state index contributed by atoms with van der Waals surface area (Å²) in [5, 5.41) is 5.62. The van der Waals surface area contributed by atoms with E-state index in [1.54, 1.807) is 18.2 Å². The maximum absolute atomic E-state index is 12.4. The van der Waals surface area contributed by atoms with Gasteiger partial charge in [-0.15, -0.1) is 0 Å². The maximum Gasteiger partial charge on any atom is 0.274 e. The Kier molecular flexibility index (Phi) is 6.07. The van der Waals surface area contributed by atoms with Gasteiger partial charge in [0.2, 0.25) is 0 Å². The highest BCUT2D eigenvalue weighted by atomic mass is 16.2. The normalized spacial score (nSPS) is 10.3. The molecular weight excluding hydrogens is 302 g/mol. The fraction of sp³-hybridized carbons (Fsp3) is 0.316. The third kappa shape index (κ3) is 4.91. The molecule has 1 aromatic carbocycles. The van der Waals surface area contributed by atoms with Crippen LogP contribution in [0, 0.1) is 13.8 Å². The van der Waals surface area contributed by atoms with Gasteiger partial charge in [-0.3, -0.25) is 9.59 Å². The van der Waals surface area contributed by atoms with Crippen LogP contribution >= 0.6 is 0 Å². The zero-order valence-corrected chi connectivity index (χ0v) is 14.3. The van der Waals surface area contributed by atoms with Crippen LogP contribution in [0.4, 0.5) is 5.69 Å². The lowest BCUT2D eigenvalue weighted by Gasteiger charge is -2.08. The lowest BCUT2D eigenvalue weighted by atomic mass is 10.1. The van der Waals surface area contributed by atoms with Crippen molar-refractivity contribution in [2.24, 2.45) is 0 Å². The number of nitrogens with one attached hydrogen (secondary N) is 2. The molecule has 1 aromatic heterocycles. The average molecular weight is 325 g/mol. The van der Waals surface area contributed by atoms with E-state index in [2.05, 4.69) is 22.5 Å². The minimum Gasteiger partial charge on any atom is -0.351 e. The van der Waals surface area contributed by atoms with Crippen molar-refractivity contribution < 1.29 is 9.59 Å². The molecule has 2 rings (SSSR count). The SMILES string of the molecule is CCCCNC(=O)c1cccc(C(=O)Nc2cc(C)cc(C)c2)n1. The lowest BCUT2D eigenvalue weighted by Crippen LogP contribution is -2.26. The van der Waals surface area contributed by atoms with Crippen LogP contribution in [0.15, 0.2) is 36.4 Å².